The van der Waals surface area contributed by atoms with Crippen molar-refractivity contribution >= 4 is 5.91 Å². The van der Waals surface area contributed by atoms with Crippen molar-refractivity contribution in [2.75, 3.05) is 20.4 Å². The smallest absolute Gasteiger partial charge is 0.274 e. The molecule has 0 saturated carbocycles. The van der Waals surface area contributed by atoms with Crippen molar-refractivity contribution in [3.05, 3.63) is 53.6 Å². The summed E-state index contributed by atoms with van der Waals surface area (Å²) in [5, 5.41) is 11.1. The molecular weight excluding hydrogens is 362 g/mol. The van der Waals surface area contributed by atoms with Crippen molar-refractivity contribution in [1.82, 2.24) is 24.9 Å². The van der Waals surface area contributed by atoms with E-state index in [0.29, 0.717) is 35.2 Å². The van der Waals surface area contributed by atoms with Gasteiger partial charge in [-0.15, -0.1) is 0 Å². The summed E-state index contributed by atoms with van der Waals surface area (Å²) in [7, 11) is 3.63. The van der Waals surface area contributed by atoms with Crippen molar-refractivity contribution in [2.24, 2.45) is 7.05 Å². The summed E-state index contributed by atoms with van der Waals surface area (Å²) in [4.78, 5) is 14.2. The minimum atomic E-state index is -0.144. The number of hydrogen-bond acceptors (Lipinski definition) is 6. The van der Waals surface area contributed by atoms with E-state index >= 15 is 0 Å². The quantitative estimate of drug-likeness (QED) is 0.668. The standard InChI is InChI=1S/C19H21N5O4/c1-23(6-5-13-9-20-24(2)10-13)19(25)16-7-14(21-22-16)11-26-15-3-4-17-18(8-15)28-12-27-17/h3-4,7-10H,5-6,11-12H2,1-2H3,(H,21,22). The lowest BCUT2D eigenvalue weighted by Crippen LogP contribution is -2.29. The Labute approximate surface area is 161 Å². The summed E-state index contributed by atoms with van der Waals surface area (Å²) < 4.78 is 18.1. The molecule has 1 aliphatic heterocycles. The monoisotopic (exact) mass is 383 g/mol. The number of likely N-dealkylation sites (N-methyl/N-ethyl adjacent to an activating group) is 1. The van der Waals surface area contributed by atoms with Gasteiger partial charge in [-0.1, -0.05) is 0 Å². The van der Waals surface area contributed by atoms with Gasteiger partial charge in [0.15, 0.2) is 17.2 Å². The molecule has 3 aromatic rings. The number of ether oxygens (including phenoxy) is 3. The Morgan fingerprint density at radius 1 is 1.32 bits per heavy atom. The predicted molar refractivity (Wildman–Crippen MR) is 99.4 cm³/mol. The van der Waals surface area contributed by atoms with E-state index < -0.39 is 0 Å². The number of aromatic nitrogens is 4. The minimum absolute atomic E-state index is 0.144. The molecule has 0 unspecified atom stereocenters. The van der Waals surface area contributed by atoms with Gasteiger partial charge in [0, 0.05) is 32.9 Å². The highest BCUT2D eigenvalue weighted by Crippen LogP contribution is 2.35. The number of H-pyrrole nitrogens is 1. The molecule has 0 fully saturated rings. The van der Waals surface area contributed by atoms with Crippen LogP contribution in [0.15, 0.2) is 36.7 Å². The first-order chi connectivity index (χ1) is 13.6. The van der Waals surface area contributed by atoms with Crippen molar-refractivity contribution in [3.63, 3.8) is 0 Å². The van der Waals surface area contributed by atoms with Gasteiger partial charge >= 0.3 is 0 Å². The maximum absolute atomic E-state index is 12.5. The normalized spacial score (nSPS) is 12.2. The highest BCUT2D eigenvalue weighted by Gasteiger charge is 2.17. The third kappa shape index (κ3) is 3.93. The summed E-state index contributed by atoms with van der Waals surface area (Å²) in [5.74, 6) is 1.87. The van der Waals surface area contributed by atoms with Gasteiger partial charge in [-0.25, -0.2) is 0 Å². The van der Waals surface area contributed by atoms with Crippen LogP contribution in [-0.4, -0.2) is 51.2 Å². The number of carbonyl (C=O) groups is 1. The van der Waals surface area contributed by atoms with Gasteiger partial charge in [0.05, 0.1) is 11.9 Å². The molecule has 1 amide bonds. The fourth-order valence-electron chi connectivity index (χ4n) is 2.87. The van der Waals surface area contributed by atoms with Crippen LogP contribution in [0, 0.1) is 0 Å². The first kappa shape index (κ1) is 17.9. The second kappa shape index (κ2) is 7.63. The lowest BCUT2D eigenvalue weighted by atomic mass is 10.2. The Bertz CT molecular complexity index is 980. The van der Waals surface area contributed by atoms with Crippen molar-refractivity contribution in [1.29, 1.82) is 0 Å². The number of nitrogens with zero attached hydrogens (tertiary/aromatic N) is 4. The fourth-order valence-corrected chi connectivity index (χ4v) is 2.87. The lowest BCUT2D eigenvalue weighted by Gasteiger charge is -2.14. The Morgan fingerprint density at radius 3 is 3.00 bits per heavy atom. The van der Waals surface area contributed by atoms with Crippen LogP contribution in [0.1, 0.15) is 21.7 Å². The molecule has 0 aliphatic carbocycles. The maximum atomic E-state index is 12.5. The van der Waals surface area contributed by atoms with E-state index in [-0.39, 0.29) is 19.3 Å². The number of benzene rings is 1. The number of rotatable bonds is 7. The van der Waals surface area contributed by atoms with E-state index in [1.165, 1.54) is 0 Å². The molecule has 0 bridgehead atoms. The summed E-state index contributed by atoms with van der Waals surface area (Å²) >= 11 is 0. The van der Waals surface area contributed by atoms with Crippen LogP contribution in [0.2, 0.25) is 0 Å². The van der Waals surface area contributed by atoms with Crippen molar-refractivity contribution in [3.8, 4) is 17.2 Å². The molecule has 4 rings (SSSR count). The van der Waals surface area contributed by atoms with Crippen LogP contribution in [0.5, 0.6) is 17.2 Å². The van der Waals surface area contributed by atoms with Crippen molar-refractivity contribution < 1.29 is 19.0 Å². The van der Waals surface area contributed by atoms with E-state index in [9.17, 15) is 4.79 Å². The van der Waals surface area contributed by atoms with Gasteiger partial charge in [0.25, 0.3) is 5.91 Å². The fraction of sp³-hybridized carbons (Fsp3) is 0.316. The molecular formula is C19H21N5O4. The van der Waals surface area contributed by atoms with Crippen molar-refractivity contribution in [2.45, 2.75) is 13.0 Å². The number of amides is 1. The molecule has 9 nitrogen and oxygen atoms in total. The molecule has 3 heterocycles. The summed E-state index contributed by atoms with van der Waals surface area (Å²) in [6.45, 7) is 1.07. The number of aromatic amines is 1. The summed E-state index contributed by atoms with van der Waals surface area (Å²) in [6, 6.07) is 7.09. The number of carbonyl (C=O) groups excluding carboxylic acids is 1. The molecule has 9 heteroatoms. The molecule has 1 N–H and O–H groups in total. The van der Waals surface area contributed by atoms with Gasteiger partial charge in [0.1, 0.15) is 12.4 Å². The number of nitrogens with one attached hydrogen (secondary N) is 1. The molecule has 0 saturated heterocycles. The second-order valence-electron chi connectivity index (χ2n) is 6.58. The molecule has 146 valence electrons. The number of fused-ring (bicyclic) bond motifs is 1. The third-order valence-corrected chi connectivity index (χ3v) is 4.43. The largest absolute Gasteiger partial charge is 0.487 e. The minimum Gasteiger partial charge on any atom is -0.487 e. The zero-order valence-electron chi connectivity index (χ0n) is 15.7. The van der Waals surface area contributed by atoms with E-state index in [0.717, 1.165) is 12.0 Å². The van der Waals surface area contributed by atoms with Gasteiger partial charge in [-0.05, 0) is 30.2 Å². The zero-order valence-corrected chi connectivity index (χ0v) is 15.7. The highest BCUT2D eigenvalue weighted by molar-refractivity contribution is 5.92. The summed E-state index contributed by atoms with van der Waals surface area (Å²) in [5.41, 5.74) is 2.15. The third-order valence-electron chi connectivity index (χ3n) is 4.43. The molecule has 1 aromatic carbocycles. The van der Waals surface area contributed by atoms with Crippen LogP contribution in [-0.2, 0) is 20.1 Å². The highest BCUT2D eigenvalue weighted by atomic mass is 16.7. The SMILES string of the molecule is CN(CCc1cnn(C)c1)C(=O)c1cc(COc2ccc3c(c2)OCO3)[nH]n1. The lowest BCUT2D eigenvalue weighted by molar-refractivity contribution is 0.0791. The average Bonchev–Trinajstić information content (AvgIpc) is 3.44. The van der Waals surface area contributed by atoms with E-state index in [4.69, 9.17) is 14.2 Å². The Kier molecular flexibility index (Phi) is 4.88. The molecule has 1 aliphatic rings. The van der Waals surface area contributed by atoms with Crippen LogP contribution in [0.25, 0.3) is 0 Å². The topological polar surface area (TPSA) is 94.5 Å². The zero-order chi connectivity index (χ0) is 19.5. The van der Waals surface area contributed by atoms with Crippen LogP contribution in [0.3, 0.4) is 0 Å². The van der Waals surface area contributed by atoms with Crippen LogP contribution >= 0.6 is 0 Å². The molecule has 0 radical (unpaired) electrons. The van der Waals surface area contributed by atoms with E-state index in [2.05, 4.69) is 15.3 Å². The average molecular weight is 383 g/mol. The predicted octanol–water partition coefficient (Wildman–Crippen LogP) is 1.77. The van der Waals surface area contributed by atoms with Crippen LogP contribution in [0.4, 0.5) is 0 Å². The van der Waals surface area contributed by atoms with Gasteiger partial charge in [-0.2, -0.15) is 10.2 Å². The van der Waals surface area contributed by atoms with E-state index in [1.807, 2.05) is 19.3 Å². The number of aryl methyl sites for hydroxylation is 1. The Hall–Kier alpha value is -3.49. The summed E-state index contributed by atoms with van der Waals surface area (Å²) in [6.07, 6.45) is 4.48. The molecule has 0 spiro atoms. The first-order valence-corrected chi connectivity index (χ1v) is 8.88. The number of hydrogen-bond donors (Lipinski definition) is 1. The Balaban J connectivity index is 1.31. The molecule has 2 aromatic heterocycles. The second-order valence-corrected chi connectivity index (χ2v) is 6.58. The van der Waals surface area contributed by atoms with Gasteiger partial charge in [0.2, 0.25) is 6.79 Å². The maximum Gasteiger partial charge on any atom is 0.274 e. The van der Waals surface area contributed by atoms with Crippen LogP contribution < -0.4 is 14.2 Å². The van der Waals surface area contributed by atoms with Gasteiger partial charge in [-0.3, -0.25) is 14.6 Å². The van der Waals surface area contributed by atoms with Gasteiger partial charge < -0.3 is 19.1 Å². The first-order valence-electron chi connectivity index (χ1n) is 8.88. The Morgan fingerprint density at radius 2 is 2.18 bits per heavy atom. The molecule has 0 atom stereocenters. The van der Waals surface area contributed by atoms with E-state index in [1.54, 1.807) is 41.0 Å². The molecule has 28 heavy (non-hydrogen) atoms.